The first kappa shape index (κ1) is 19.5. The van der Waals surface area contributed by atoms with Gasteiger partial charge in [0.2, 0.25) is 5.95 Å². The molecule has 30 heavy (non-hydrogen) atoms. The summed E-state index contributed by atoms with van der Waals surface area (Å²) < 4.78 is 24.9. The summed E-state index contributed by atoms with van der Waals surface area (Å²) in [5.74, 6) is 1.16. The SMILES string of the molecule is O=S1(=O)CCN(Cc2ccc(-c3cccc4nc(N([O-])CC5CC5)nn34)cc2)CC1. The second-order valence-corrected chi connectivity index (χ2v) is 10.5. The summed E-state index contributed by atoms with van der Waals surface area (Å²) in [7, 11) is -2.86. The minimum Gasteiger partial charge on any atom is -0.756 e. The molecule has 158 valence electrons. The molecule has 5 rings (SSSR count). The fraction of sp³-hybridized carbons (Fsp3) is 0.429. The lowest BCUT2D eigenvalue weighted by molar-refractivity contribution is 0.287. The predicted octanol–water partition coefficient (Wildman–Crippen LogP) is 2.34. The van der Waals surface area contributed by atoms with Crippen molar-refractivity contribution < 1.29 is 8.42 Å². The summed E-state index contributed by atoms with van der Waals surface area (Å²) in [6.07, 6.45) is 2.22. The summed E-state index contributed by atoms with van der Waals surface area (Å²) in [6.45, 7) is 2.36. The highest BCUT2D eigenvalue weighted by atomic mass is 32.2. The van der Waals surface area contributed by atoms with Crippen molar-refractivity contribution in [3.05, 3.63) is 53.2 Å². The van der Waals surface area contributed by atoms with Gasteiger partial charge in [0, 0.05) is 31.7 Å². The number of sulfone groups is 1. The van der Waals surface area contributed by atoms with E-state index >= 15 is 0 Å². The molecule has 0 unspecified atom stereocenters. The van der Waals surface area contributed by atoms with Crippen LogP contribution in [0.2, 0.25) is 0 Å². The van der Waals surface area contributed by atoms with Gasteiger partial charge in [-0.3, -0.25) is 4.90 Å². The van der Waals surface area contributed by atoms with Crippen molar-refractivity contribution in [1.82, 2.24) is 19.5 Å². The first-order chi connectivity index (χ1) is 14.5. The highest BCUT2D eigenvalue weighted by Crippen LogP contribution is 2.31. The van der Waals surface area contributed by atoms with E-state index in [1.54, 1.807) is 4.52 Å². The summed E-state index contributed by atoms with van der Waals surface area (Å²) in [4.78, 5) is 6.57. The maximum Gasteiger partial charge on any atom is 0.234 e. The molecule has 1 aliphatic carbocycles. The van der Waals surface area contributed by atoms with Gasteiger partial charge in [-0.15, -0.1) is 5.10 Å². The van der Waals surface area contributed by atoms with Crippen LogP contribution in [0.4, 0.5) is 5.95 Å². The fourth-order valence-corrected chi connectivity index (χ4v) is 5.06. The monoisotopic (exact) mass is 426 g/mol. The van der Waals surface area contributed by atoms with E-state index in [9.17, 15) is 13.6 Å². The van der Waals surface area contributed by atoms with Crippen LogP contribution in [0, 0.1) is 11.1 Å². The van der Waals surface area contributed by atoms with Crippen molar-refractivity contribution >= 4 is 21.4 Å². The lowest BCUT2D eigenvalue weighted by Gasteiger charge is -2.26. The number of hydrogen-bond acceptors (Lipinski definition) is 7. The van der Waals surface area contributed by atoms with Gasteiger partial charge >= 0.3 is 0 Å². The Hall–Kier alpha value is -2.49. The van der Waals surface area contributed by atoms with Gasteiger partial charge < -0.3 is 10.3 Å². The zero-order chi connectivity index (χ0) is 20.7. The molecule has 1 saturated heterocycles. The number of rotatable bonds is 6. The molecule has 2 fully saturated rings. The number of hydroxylamine groups is 1. The van der Waals surface area contributed by atoms with Crippen LogP contribution < -0.4 is 5.06 Å². The number of benzene rings is 1. The highest BCUT2D eigenvalue weighted by molar-refractivity contribution is 7.91. The Morgan fingerprint density at radius 1 is 1.07 bits per heavy atom. The lowest BCUT2D eigenvalue weighted by Crippen LogP contribution is -2.39. The highest BCUT2D eigenvalue weighted by Gasteiger charge is 2.23. The van der Waals surface area contributed by atoms with Crippen LogP contribution in [0.15, 0.2) is 42.5 Å². The molecule has 0 bridgehead atoms. The van der Waals surface area contributed by atoms with Crippen LogP contribution in [0.25, 0.3) is 16.9 Å². The van der Waals surface area contributed by atoms with Crippen molar-refractivity contribution in [2.24, 2.45) is 5.92 Å². The van der Waals surface area contributed by atoms with Crippen LogP contribution in [0.5, 0.6) is 0 Å². The van der Waals surface area contributed by atoms with E-state index in [1.165, 1.54) is 0 Å². The number of anilines is 1. The van der Waals surface area contributed by atoms with Crippen LogP contribution in [-0.2, 0) is 16.4 Å². The van der Waals surface area contributed by atoms with Crippen molar-refractivity contribution in [3.63, 3.8) is 0 Å². The topological polar surface area (TPSA) is 93.9 Å². The van der Waals surface area contributed by atoms with Gasteiger partial charge in [0.25, 0.3) is 0 Å². The molecule has 0 N–H and O–H groups in total. The molecule has 8 nitrogen and oxygen atoms in total. The van der Waals surface area contributed by atoms with Gasteiger partial charge in [0.15, 0.2) is 15.5 Å². The third-order valence-electron chi connectivity index (χ3n) is 5.79. The van der Waals surface area contributed by atoms with Gasteiger partial charge in [-0.1, -0.05) is 30.3 Å². The summed E-state index contributed by atoms with van der Waals surface area (Å²) in [5.41, 5.74) is 3.65. The van der Waals surface area contributed by atoms with Crippen LogP contribution in [0.1, 0.15) is 18.4 Å². The molecule has 0 amide bonds. The molecule has 2 aliphatic rings. The predicted molar refractivity (Wildman–Crippen MR) is 116 cm³/mol. The maximum atomic E-state index is 12.3. The largest absolute Gasteiger partial charge is 0.756 e. The van der Waals surface area contributed by atoms with Crippen molar-refractivity contribution in [2.75, 3.05) is 36.2 Å². The van der Waals surface area contributed by atoms with Crippen LogP contribution in [0.3, 0.4) is 0 Å². The normalized spacial score (nSPS) is 19.2. The van der Waals surface area contributed by atoms with Gasteiger partial charge in [0.1, 0.15) is 0 Å². The number of hydrogen-bond donors (Lipinski definition) is 0. The molecular weight excluding hydrogens is 402 g/mol. The lowest BCUT2D eigenvalue weighted by atomic mass is 10.1. The first-order valence-electron chi connectivity index (χ1n) is 10.3. The third-order valence-corrected chi connectivity index (χ3v) is 7.39. The Kier molecular flexibility index (Phi) is 4.96. The van der Waals surface area contributed by atoms with Crippen molar-refractivity contribution in [2.45, 2.75) is 19.4 Å². The van der Waals surface area contributed by atoms with E-state index in [4.69, 9.17) is 0 Å². The molecule has 1 saturated carbocycles. The number of fused-ring (bicyclic) bond motifs is 1. The maximum absolute atomic E-state index is 12.3. The van der Waals surface area contributed by atoms with Crippen LogP contribution in [-0.4, -0.2) is 59.1 Å². The molecule has 1 aromatic carbocycles. The van der Waals surface area contributed by atoms with Gasteiger partial charge in [-0.2, -0.15) is 4.98 Å². The molecule has 2 aromatic heterocycles. The van der Waals surface area contributed by atoms with Crippen LogP contribution >= 0.6 is 0 Å². The molecule has 3 aromatic rings. The number of nitrogens with zero attached hydrogens (tertiary/aromatic N) is 5. The molecule has 0 spiro atoms. The Morgan fingerprint density at radius 2 is 1.80 bits per heavy atom. The zero-order valence-electron chi connectivity index (χ0n) is 16.6. The Morgan fingerprint density at radius 3 is 2.50 bits per heavy atom. The van der Waals surface area contributed by atoms with E-state index in [0.29, 0.717) is 31.2 Å². The second kappa shape index (κ2) is 7.64. The average molecular weight is 427 g/mol. The summed E-state index contributed by atoms with van der Waals surface area (Å²) in [5, 5.41) is 17.7. The zero-order valence-corrected chi connectivity index (χ0v) is 17.5. The minimum absolute atomic E-state index is 0.214. The van der Waals surface area contributed by atoms with Gasteiger partial charge in [-0.05, 0) is 36.5 Å². The van der Waals surface area contributed by atoms with E-state index in [0.717, 1.165) is 41.3 Å². The summed E-state index contributed by atoms with van der Waals surface area (Å²) >= 11 is 0. The number of pyridine rings is 1. The van der Waals surface area contributed by atoms with Gasteiger partial charge in [-0.25, -0.2) is 12.9 Å². The average Bonchev–Trinajstić information content (AvgIpc) is 3.43. The fourth-order valence-electron chi connectivity index (χ4n) is 3.78. The summed E-state index contributed by atoms with van der Waals surface area (Å²) in [6, 6.07) is 13.9. The molecule has 9 heteroatoms. The van der Waals surface area contributed by atoms with Gasteiger partial charge in [0.05, 0.1) is 17.2 Å². The number of aromatic nitrogens is 3. The van der Waals surface area contributed by atoms with E-state index in [2.05, 4.69) is 27.1 Å². The second-order valence-electron chi connectivity index (χ2n) is 8.22. The molecule has 1 aliphatic heterocycles. The van der Waals surface area contributed by atoms with Crippen molar-refractivity contribution in [1.29, 1.82) is 0 Å². The smallest absolute Gasteiger partial charge is 0.234 e. The minimum atomic E-state index is -2.86. The molecule has 0 atom stereocenters. The van der Waals surface area contributed by atoms with Crippen molar-refractivity contribution in [3.8, 4) is 11.3 Å². The Balaban J connectivity index is 1.34. The van der Waals surface area contributed by atoms with E-state index < -0.39 is 9.84 Å². The van der Waals surface area contributed by atoms with E-state index in [-0.39, 0.29) is 17.5 Å². The first-order valence-corrected chi connectivity index (χ1v) is 12.1. The third kappa shape index (κ3) is 4.19. The molecule has 0 radical (unpaired) electrons. The molecule has 3 heterocycles. The molecular formula is C21H24N5O3S-. The standard InChI is InChI=1S/C21H24N5O3S/c27-25(15-17-4-5-17)21-22-20-3-1-2-19(26(20)23-21)18-8-6-16(7-9-18)14-24-10-12-30(28,29)13-11-24/h1-3,6-9,17H,4-5,10-15H2/q-1. The Labute approximate surface area is 175 Å². The van der Waals surface area contributed by atoms with E-state index in [1.807, 2.05) is 30.3 Å². The quantitative estimate of drug-likeness (QED) is 0.559. The Bertz CT molecular complexity index is 1140.